The van der Waals surface area contributed by atoms with E-state index in [0.29, 0.717) is 12.1 Å². The lowest BCUT2D eigenvalue weighted by molar-refractivity contribution is -0.385. The summed E-state index contributed by atoms with van der Waals surface area (Å²) in [6.45, 7) is 0.456. The summed E-state index contributed by atoms with van der Waals surface area (Å²) in [5, 5.41) is 22.2. The number of nitro groups is 1. The molecule has 0 bridgehead atoms. The average Bonchev–Trinajstić information content (AvgIpc) is 2.29. The second-order valence-corrected chi connectivity index (χ2v) is 2.93. The third-order valence-electron chi connectivity index (χ3n) is 1.81. The topological polar surface area (TPSA) is 79.0 Å². The van der Waals surface area contributed by atoms with Gasteiger partial charge in [-0.05, 0) is 19.2 Å². The van der Waals surface area contributed by atoms with Crippen molar-refractivity contribution in [3.05, 3.63) is 39.4 Å². The quantitative estimate of drug-likeness (QED) is 0.454. The van der Waals surface area contributed by atoms with Crippen LogP contribution in [0, 0.1) is 33.3 Å². The second-order valence-electron chi connectivity index (χ2n) is 2.93. The highest BCUT2D eigenvalue weighted by molar-refractivity contribution is 5.54. The van der Waals surface area contributed by atoms with Crippen molar-refractivity contribution in [2.45, 2.75) is 0 Å². The van der Waals surface area contributed by atoms with E-state index in [2.05, 4.69) is 17.2 Å². The standard InChI is InChI=1S/C11H9N3O2/c1-13-6-2-3-10-5-4-9(8-12)7-11(10)14(15)16/h4-5,7,13H,6H2,1H3. The minimum atomic E-state index is -0.537. The molecule has 0 aliphatic carbocycles. The maximum atomic E-state index is 10.7. The number of hydrogen-bond acceptors (Lipinski definition) is 4. The Bertz CT molecular complexity index is 506. The van der Waals surface area contributed by atoms with Crippen molar-refractivity contribution in [2.24, 2.45) is 0 Å². The van der Waals surface area contributed by atoms with E-state index in [1.54, 1.807) is 7.05 Å². The van der Waals surface area contributed by atoms with E-state index < -0.39 is 4.92 Å². The second kappa shape index (κ2) is 5.50. The van der Waals surface area contributed by atoms with Crippen LogP contribution >= 0.6 is 0 Å². The highest BCUT2D eigenvalue weighted by Crippen LogP contribution is 2.18. The van der Waals surface area contributed by atoms with E-state index in [4.69, 9.17) is 5.26 Å². The number of nitrogens with zero attached hydrogens (tertiary/aromatic N) is 2. The smallest absolute Gasteiger partial charge is 0.286 e. The summed E-state index contributed by atoms with van der Waals surface area (Å²) in [5.41, 5.74) is 0.438. The molecule has 0 saturated carbocycles. The molecule has 0 aliphatic rings. The maximum Gasteiger partial charge on any atom is 0.286 e. The van der Waals surface area contributed by atoms with Crippen LogP contribution in [0.15, 0.2) is 18.2 Å². The minimum absolute atomic E-state index is 0.136. The van der Waals surface area contributed by atoms with Gasteiger partial charge in [-0.15, -0.1) is 0 Å². The third-order valence-corrected chi connectivity index (χ3v) is 1.81. The van der Waals surface area contributed by atoms with Crippen LogP contribution in [-0.2, 0) is 0 Å². The summed E-state index contributed by atoms with van der Waals surface area (Å²) in [4.78, 5) is 10.2. The molecule has 0 unspecified atom stereocenters. The lowest BCUT2D eigenvalue weighted by Crippen LogP contribution is -2.04. The lowest BCUT2D eigenvalue weighted by Gasteiger charge is -1.95. The van der Waals surface area contributed by atoms with Crippen molar-refractivity contribution in [3.8, 4) is 17.9 Å². The van der Waals surface area contributed by atoms with Crippen molar-refractivity contribution in [3.63, 3.8) is 0 Å². The van der Waals surface area contributed by atoms with Gasteiger partial charge in [-0.2, -0.15) is 5.26 Å². The molecule has 16 heavy (non-hydrogen) atoms. The molecular weight excluding hydrogens is 206 g/mol. The zero-order valence-corrected chi connectivity index (χ0v) is 8.65. The Kier molecular flexibility index (Phi) is 4.02. The molecule has 0 aromatic heterocycles. The van der Waals surface area contributed by atoms with Gasteiger partial charge in [0.25, 0.3) is 5.69 Å². The molecule has 0 radical (unpaired) electrons. The minimum Gasteiger partial charge on any atom is -0.309 e. The van der Waals surface area contributed by atoms with Crippen molar-refractivity contribution in [1.82, 2.24) is 5.32 Å². The first-order valence-corrected chi connectivity index (χ1v) is 4.51. The molecule has 0 heterocycles. The Hall–Kier alpha value is -2.37. The van der Waals surface area contributed by atoms with Gasteiger partial charge in [0.05, 0.1) is 23.1 Å². The van der Waals surface area contributed by atoms with Crippen LogP contribution in [0.1, 0.15) is 11.1 Å². The third kappa shape index (κ3) is 2.81. The van der Waals surface area contributed by atoms with Gasteiger partial charge in [-0.3, -0.25) is 10.1 Å². The lowest BCUT2D eigenvalue weighted by atomic mass is 10.1. The molecule has 1 N–H and O–H groups in total. The van der Waals surface area contributed by atoms with E-state index in [1.165, 1.54) is 18.2 Å². The number of nitrogens with one attached hydrogen (secondary N) is 1. The zero-order chi connectivity index (χ0) is 12.0. The summed E-state index contributed by atoms with van der Waals surface area (Å²) in [5.74, 6) is 5.42. The Morgan fingerprint density at radius 1 is 1.56 bits per heavy atom. The molecule has 1 aromatic rings. The fraction of sp³-hybridized carbons (Fsp3) is 0.182. The number of rotatable bonds is 2. The molecule has 0 aliphatic heterocycles. The molecule has 0 saturated heterocycles. The molecule has 5 nitrogen and oxygen atoms in total. The first kappa shape index (κ1) is 11.7. The molecule has 80 valence electrons. The summed E-state index contributed by atoms with van der Waals surface area (Å²) >= 11 is 0. The van der Waals surface area contributed by atoms with E-state index in [9.17, 15) is 10.1 Å². The molecule has 1 aromatic carbocycles. The van der Waals surface area contributed by atoms with Gasteiger partial charge in [-0.25, -0.2) is 0 Å². The normalized spacial score (nSPS) is 8.75. The summed E-state index contributed by atoms with van der Waals surface area (Å²) < 4.78 is 0. The summed E-state index contributed by atoms with van der Waals surface area (Å²) in [7, 11) is 1.74. The monoisotopic (exact) mass is 215 g/mol. The highest BCUT2D eigenvalue weighted by atomic mass is 16.6. The molecule has 1 rings (SSSR count). The van der Waals surface area contributed by atoms with Gasteiger partial charge in [0.15, 0.2) is 0 Å². The van der Waals surface area contributed by atoms with Gasteiger partial charge < -0.3 is 5.32 Å². The van der Waals surface area contributed by atoms with Crippen molar-refractivity contribution in [2.75, 3.05) is 13.6 Å². The number of nitriles is 1. The van der Waals surface area contributed by atoms with Gasteiger partial charge in [0.1, 0.15) is 5.56 Å². The van der Waals surface area contributed by atoms with Gasteiger partial charge in [-0.1, -0.05) is 11.8 Å². The first-order valence-electron chi connectivity index (χ1n) is 4.51. The maximum absolute atomic E-state index is 10.7. The Morgan fingerprint density at radius 2 is 2.31 bits per heavy atom. The predicted molar refractivity (Wildman–Crippen MR) is 58.6 cm³/mol. The first-order chi connectivity index (χ1) is 7.69. The van der Waals surface area contributed by atoms with Crippen LogP contribution in [0.25, 0.3) is 0 Å². The van der Waals surface area contributed by atoms with Gasteiger partial charge in [0, 0.05) is 6.07 Å². The highest BCUT2D eigenvalue weighted by Gasteiger charge is 2.12. The molecule has 0 atom stereocenters. The van der Waals surface area contributed by atoms with Crippen LogP contribution < -0.4 is 5.32 Å². The van der Waals surface area contributed by atoms with Crippen molar-refractivity contribution >= 4 is 5.69 Å². The van der Waals surface area contributed by atoms with E-state index in [-0.39, 0.29) is 11.3 Å². The molecule has 0 fully saturated rings. The number of hydrogen-bond donors (Lipinski definition) is 1. The SMILES string of the molecule is CNCC#Cc1ccc(C#N)cc1[N+](=O)[O-]. The molecular formula is C11H9N3O2. The van der Waals surface area contributed by atoms with Crippen LogP contribution in [-0.4, -0.2) is 18.5 Å². The van der Waals surface area contributed by atoms with E-state index >= 15 is 0 Å². The van der Waals surface area contributed by atoms with Crippen molar-refractivity contribution < 1.29 is 4.92 Å². The molecule has 0 spiro atoms. The summed E-state index contributed by atoms with van der Waals surface area (Å²) in [6.07, 6.45) is 0. The summed E-state index contributed by atoms with van der Waals surface area (Å²) in [6, 6.07) is 6.07. The molecule has 5 heteroatoms. The number of nitro benzene ring substituents is 1. The van der Waals surface area contributed by atoms with E-state index in [1.807, 2.05) is 6.07 Å². The van der Waals surface area contributed by atoms with Crippen LogP contribution in [0.4, 0.5) is 5.69 Å². The van der Waals surface area contributed by atoms with Crippen LogP contribution in [0.3, 0.4) is 0 Å². The molecule has 0 amide bonds. The zero-order valence-electron chi connectivity index (χ0n) is 8.65. The Morgan fingerprint density at radius 3 is 2.88 bits per heavy atom. The predicted octanol–water partition coefficient (Wildman–Crippen LogP) is 1.04. The number of benzene rings is 1. The van der Waals surface area contributed by atoms with Gasteiger partial charge >= 0.3 is 0 Å². The van der Waals surface area contributed by atoms with Gasteiger partial charge in [0.2, 0.25) is 0 Å². The van der Waals surface area contributed by atoms with Crippen molar-refractivity contribution in [1.29, 1.82) is 5.26 Å². The Labute approximate surface area is 92.9 Å². The largest absolute Gasteiger partial charge is 0.309 e. The van der Waals surface area contributed by atoms with E-state index in [0.717, 1.165) is 0 Å². The average molecular weight is 215 g/mol. The fourth-order valence-electron chi connectivity index (χ4n) is 1.09. The Balaban J connectivity index is 3.16. The fourth-order valence-corrected chi connectivity index (χ4v) is 1.09. The van der Waals surface area contributed by atoms with Crippen LogP contribution in [0.2, 0.25) is 0 Å². The van der Waals surface area contributed by atoms with Crippen LogP contribution in [0.5, 0.6) is 0 Å².